The Morgan fingerprint density at radius 3 is 2.62 bits per heavy atom. The number of rotatable bonds is 2. The van der Waals surface area contributed by atoms with Gasteiger partial charge in [-0.1, -0.05) is 12.1 Å². The van der Waals surface area contributed by atoms with Crippen LogP contribution in [0.25, 0.3) is 11.1 Å². The summed E-state index contributed by atoms with van der Waals surface area (Å²) in [5.41, 5.74) is 1.20. The number of benzene rings is 1. The second kappa shape index (κ2) is 5.39. The van der Waals surface area contributed by atoms with Gasteiger partial charge in [0.2, 0.25) is 5.91 Å². The molecule has 0 unspecified atom stereocenters. The molecule has 3 rings (SSSR count). The fourth-order valence-corrected chi connectivity index (χ4v) is 3.29. The van der Waals surface area contributed by atoms with Crippen molar-refractivity contribution >= 4 is 17.0 Å². The van der Waals surface area contributed by atoms with Gasteiger partial charge in [0.05, 0.1) is 5.52 Å². The number of amides is 1. The highest BCUT2D eigenvalue weighted by Gasteiger charge is 2.29. The van der Waals surface area contributed by atoms with E-state index in [0.29, 0.717) is 11.1 Å². The Balaban J connectivity index is 1.89. The molecule has 0 aliphatic carbocycles. The molecule has 1 amide bonds. The molecule has 1 fully saturated rings. The van der Waals surface area contributed by atoms with Crippen LogP contribution in [-0.2, 0) is 11.3 Å². The minimum atomic E-state index is -0.470. The highest BCUT2D eigenvalue weighted by atomic mass is 16.4. The maximum Gasteiger partial charge on any atom is 0.420 e. The first kappa shape index (κ1) is 13.9. The summed E-state index contributed by atoms with van der Waals surface area (Å²) in [6.07, 6.45) is 3.20. The van der Waals surface area contributed by atoms with Crippen LogP contribution in [0.3, 0.4) is 0 Å². The Kier molecular flexibility index (Phi) is 3.57. The molecule has 0 N–H and O–H groups in total. The smallest absolute Gasteiger partial charge is 0.408 e. The van der Waals surface area contributed by atoms with Crippen LogP contribution in [0, 0.1) is 0 Å². The van der Waals surface area contributed by atoms with E-state index in [1.165, 1.54) is 4.57 Å². The highest BCUT2D eigenvalue weighted by Crippen LogP contribution is 2.23. The fraction of sp³-hybridized carbons (Fsp3) is 0.500. The van der Waals surface area contributed by atoms with Crippen molar-refractivity contribution in [2.45, 2.75) is 51.7 Å². The van der Waals surface area contributed by atoms with Gasteiger partial charge in [-0.15, -0.1) is 0 Å². The number of carbonyl (C=O) groups excluding carboxylic acids is 1. The van der Waals surface area contributed by atoms with Crippen LogP contribution in [0.4, 0.5) is 0 Å². The Hall–Kier alpha value is -2.04. The van der Waals surface area contributed by atoms with E-state index in [9.17, 15) is 9.59 Å². The van der Waals surface area contributed by atoms with E-state index >= 15 is 0 Å². The second-order valence-electron chi connectivity index (χ2n) is 5.85. The third-order valence-electron chi connectivity index (χ3n) is 4.35. The van der Waals surface area contributed by atoms with Gasteiger partial charge < -0.3 is 9.32 Å². The van der Waals surface area contributed by atoms with Crippen LogP contribution in [0.15, 0.2) is 33.5 Å². The zero-order valence-electron chi connectivity index (χ0n) is 12.4. The number of para-hydroxylation sites is 2. The molecule has 2 heterocycles. The number of aromatic nitrogens is 1. The van der Waals surface area contributed by atoms with Gasteiger partial charge in [-0.25, -0.2) is 4.79 Å². The van der Waals surface area contributed by atoms with Crippen LogP contribution in [0.1, 0.15) is 33.1 Å². The summed E-state index contributed by atoms with van der Waals surface area (Å²) in [5.74, 6) is -0.481. The van der Waals surface area contributed by atoms with Gasteiger partial charge in [0, 0.05) is 12.1 Å². The van der Waals surface area contributed by atoms with E-state index in [1.54, 1.807) is 12.1 Å². The summed E-state index contributed by atoms with van der Waals surface area (Å²) in [6.45, 7) is 4.19. The average Bonchev–Trinajstić information content (AvgIpc) is 2.75. The molecule has 0 saturated carbocycles. The fourth-order valence-electron chi connectivity index (χ4n) is 3.29. The molecule has 5 nitrogen and oxygen atoms in total. The average molecular weight is 288 g/mol. The molecule has 1 saturated heterocycles. The van der Waals surface area contributed by atoms with Crippen molar-refractivity contribution in [2.24, 2.45) is 0 Å². The lowest BCUT2D eigenvalue weighted by Crippen LogP contribution is -2.49. The van der Waals surface area contributed by atoms with Gasteiger partial charge in [-0.05, 0) is 45.2 Å². The third-order valence-corrected chi connectivity index (χ3v) is 4.35. The molecule has 1 aliphatic heterocycles. The van der Waals surface area contributed by atoms with Gasteiger partial charge in [0.15, 0.2) is 5.58 Å². The predicted octanol–water partition coefficient (Wildman–Crippen LogP) is 2.38. The first-order valence-electron chi connectivity index (χ1n) is 7.47. The lowest BCUT2D eigenvalue weighted by atomic mass is 9.97. The lowest BCUT2D eigenvalue weighted by Gasteiger charge is -2.39. The molecule has 0 radical (unpaired) electrons. The maximum atomic E-state index is 12.6. The Morgan fingerprint density at radius 2 is 1.90 bits per heavy atom. The largest absolute Gasteiger partial charge is 0.420 e. The molecule has 1 aliphatic rings. The molecule has 21 heavy (non-hydrogen) atoms. The summed E-state index contributed by atoms with van der Waals surface area (Å²) < 4.78 is 6.60. The Labute approximate surface area is 123 Å². The number of hydrogen-bond acceptors (Lipinski definition) is 3. The lowest BCUT2D eigenvalue weighted by molar-refractivity contribution is -0.137. The van der Waals surface area contributed by atoms with E-state index < -0.39 is 5.76 Å². The Morgan fingerprint density at radius 1 is 1.24 bits per heavy atom. The molecule has 112 valence electrons. The minimum Gasteiger partial charge on any atom is -0.408 e. The van der Waals surface area contributed by atoms with Crippen molar-refractivity contribution in [2.75, 3.05) is 0 Å². The van der Waals surface area contributed by atoms with Crippen LogP contribution in [0.5, 0.6) is 0 Å². The van der Waals surface area contributed by atoms with E-state index in [1.807, 2.05) is 17.0 Å². The molecule has 1 aromatic carbocycles. The van der Waals surface area contributed by atoms with Crippen LogP contribution in [-0.4, -0.2) is 27.5 Å². The quantitative estimate of drug-likeness (QED) is 0.852. The zero-order valence-corrected chi connectivity index (χ0v) is 12.4. The summed E-state index contributed by atoms with van der Waals surface area (Å²) in [4.78, 5) is 26.5. The maximum absolute atomic E-state index is 12.6. The number of nitrogens with zero attached hydrogens (tertiary/aromatic N) is 2. The van der Waals surface area contributed by atoms with Gasteiger partial charge >= 0.3 is 5.76 Å². The zero-order chi connectivity index (χ0) is 15.0. The standard InChI is InChI=1S/C16H20N2O3/c1-11-6-5-7-12(2)18(11)15(19)10-17-13-8-3-4-9-14(13)21-16(17)20/h3-4,8-9,11-12H,5-7,10H2,1-2H3/t11-,12-/m0/s1. The van der Waals surface area contributed by atoms with Gasteiger partial charge in [-0.3, -0.25) is 9.36 Å². The minimum absolute atomic E-state index is 0.0108. The SMILES string of the molecule is C[C@H]1CCC[C@H](C)N1C(=O)Cn1c(=O)oc2ccccc21. The van der Waals surface area contributed by atoms with Crippen LogP contribution >= 0.6 is 0 Å². The first-order valence-corrected chi connectivity index (χ1v) is 7.47. The van der Waals surface area contributed by atoms with Gasteiger partial charge in [0.25, 0.3) is 0 Å². The topological polar surface area (TPSA) is 55.5 Å². The molecule has 0 bridgehead atoms. The summed E-state index contributed by atoms with van der Waals surface area (Å²) >= 11 is 0. The van der Waals surface area contributed by atoms with E-state index in [-0.39, 0.29) is 24.5 Å². The van der Waals surface area contributed by atoms with Crippen molar-refractivity contribution in [3.63, 3.8) is 0 Å². The molecule has 0 spiro atoms. The number of fused-ring (bicyclic) bond motifs is 1. The number of likely N-dealkylation sites (tertiary alicyclic amines) is 1. The van der Waals surface area contributed by atoms with Crippen molar-refractivity contribution in [3.8, 4) is 0 Å². The first-order chi connectivity index (χ1) is 10.1. The highest BCUT2D eigenvalue weighted by molar-refractivity contribution is 5.80. The van der Waals surface area contributed by atoms with Crippen molar-refractivity contribution < 1.29 is 9.21 Å². The molecular formula is C16H20N2O3. The molecule has 2 aromatic rings. The monoisotopic (exact) mass is 288 g/mol. The van der Waals surface area contributed by atoms with Crippen molar-refractivity contribution in [3.05, 3.63) is 34.8 Å². The second-order valence-corrected chi connectivity index (χ2v) is 5.85. The number of hydrogen-bond donors (Lipinski definition) is 0. The number of oxazole rings is 1. The summed E-state index contributed by atoms with van der Waals surface area (Å²) in [7, 11) is 0. The van der Waals surface area contributed by atoms with Crippen molar-refractivity contribution in [1.82, 2.24) is 9.47 Å². The van der Waals surface area contributed by atoms with Crippen LogP contribution < -0.4 is 5.76 Å². The third kappa shape index (κ3) is 2.48. The van der Waals surface area contributed by atoms with Gasteiger partial charge in [-0.2, -0.15) is 0 Å². The summed E-state index contributed by atoms with van der Waals surface area (Å²) in [5, 5.41) is 0. The predicted molar refractivity (Wildman–Crippen MR) is 80.1 cm³/mol. The Bertz CT molecular complexity index is 706. The number of piperidine rings is 1. The molecule has 2 atom stereocenters. The molecule has 1 aromatic heterocycles. The van der Waals surface area contributed by atoms with Crippen molar-refractivity contribution in [1.29, 1.82) is 0 Å². The van der Waals surface area contributed by atoms with Crippen LogP contribution in [0.2, 0.25) is 0 Å². The molecule has 5 heteroatoms. The summed E-state index contributed by atoms with van der Waals surface area (Å²) in [6, 6.07) is 7.65. The number of carbonyl (C=O) groups is 1. The normalized spacial score (nSPS) is 22.7. The molecular weight excluding hydrogens is 268 g/mol. The van der Waals surface area contributed by atoms with E-state index in [2.05, 4.69) is 13.8 Å². The van der Waals surface area contributed by atoms with Gasteiger partial charge in [0.1, 0.15) is 6.54 Å². The van der Waals surface area contributed by atoms with E-state index in [0.717, 1.165) is 19.3 Å². The van der Waals surface area contributed by atoms with E-state index in [4.69, 9.17) is 4.42 Å².